The first-order valence-electron chi connectivity index (χ1n) is 11.5. The third-order valence-electron chi connectivity index (χ3n) is 5.78. The molecule has 0 spiro atoms. The first-order chi connectivity index (χ1) is 18.4. The molecule has 2 amide bonds. The summed E-state index contributed by atoms with van der Waals surface area (Å²) in [6.07, 6.45) is -3.48. The van der Waals surface area contributed by atoms with Crippen LogP contribution in [0.2, 0.25) is 0 Å². The van der Waals surface area contributed by atoms with Crippen molar-refractivity contribution in [3.63, 3.8) is 0 Å². The predicted molar refractivity (Wildman–Crippen MR) is 142 cm³/mol. The smallest absolute Gasteiger partial charge is 0.398 e. The number of aromatic nitrogens is 2. The highest BCUT2D eigenvalue weighted by Gasteiger charge is 2.31. The normalized spacial score (nSPS) is 11.1. The number of anilines is 5. The van der Waals surface area contributed by atoms with E-state index in [4.69, 9.17) is 5.73 Å². The average Bonchev–Trinajstić information content (AvgIpc) is 2.88. The van der Waals surface area contributed by atoms with Crippen molar-refractivity contribution >= 4 is 40.5 Å². The van der Waals surface area contributed by atoms with Gasteiger partial charge in [0, 0.05) is 34.5 Å². The van der Waals surface area contributed by atoms with E-state index < -0.39 is 29.1 Å². The molecule has 0 fully saturated rings. The summed E-state index contributed by atoms with van der Waals surface area (Å²) in [6.45, 7) is 3.55. The number of nitrogens with one attached hydrogen (secondary N) is 4. The van der Waals surface area contributed by atoms with Crippen molar-refractivity contribution in [2.75, 3.05) is 21.7 Å². The zero-order chi connectivity index (χ0) is 28.3. The molecule has 39 heavy (non-hydrogen) atoms. The minimum absolute atomic E-state index is 0.107. The van der Waals surface area contributed by atoms with Gasteiger partial charge >= 0.3 is 6.18 Å². The molecular weight excluding hydrogens is 513 g/mol. The fourth-order valence-corrected chi connectivity index (χ4v) is 3.54. The van der Waals surface area contributed by atoms with Crippen molar-refractivity contribution in [1.29, 1.82) is 0 Å². The highest BCUT2D eigenvalue weighted by molar-refractivity contribution is 6.06. The highest BCUT2D eigenvalue weighted by atomic mass is 19.4. The largest absolute Gasteiger partial charge is 0.416 e. The second kappa shape index (κ2) is 10.7. The van der Waals surface area contributed by atoms with Crippen LogP contribution < -0.4 is 27.2 Å². The van der Waals surface area contributed by atoms with Crippen LogP contribution in [0.3, 0.4) is 0 Å². The number of alkyl halides is 3. The maximum atomic E-state index is 13.0. The minimum Gasteiger partial charge on any atom is -0.398 e. The number of amides is 2. The summed E-state index contributed by atoms with van der Waals surface area (Å²) in [4.78, 5) is 44.5. The van der Waals surface area contributed by atoms with Gasteiger partial charge in [0.05, 0.1) is 5.56 Å². The van der Waals surface area contributed by atoms with Gasteiger partial charge in [0.25, 0.3) is 17.4 Å². The number of carbonyl (C=O) groups is 2. The van der Waals surface area contributed by atoms with E-state index in [0.717, 1.165) is 30.0 Å². The topological polar surface area (TPSA) is 142 Å². The number of rotatable bonds is 6. The van der Waals surface area contributed by atoms with E-state index in [9.17, 15) is 27.6 Å². The molecule has 0 aliphatic carbocycles. The second-order valence-corrected chi connectivity index (χ2v) is 8.69. The zero-order valence-electron chi connectivity index (χ0n) is 20.7. The summed E-state index contributed by atoms with van der Waals surface area (Å²) in [5.74, 6) is -1.41. The highest BCUT2D eigenvalue weighted by Crippen LogP contribution is 2.30. The number of aryl methyl sites for hydroxylation is 2. The number of halogens is 3. The van der Waals surface area contributed by atoms with E-state index in [1.54, 1.807) is 31.2 Å². The number of carbonyl (C=O) groups excluding carboxylic acids is 2. The molecule has 0 aliphatic heterocycles. The summed E-state index contributed by atoms with van der Waals surface area (Å²) in [6, 6.07) is 13.8. The molecule has 1 heterocycles. The Kier molecular flexibility index (Phi) is 7.38. The number of nitrogens with two attached hydrogens (primary N) is 1. The van der Waals surface area contributed by atoms with Crippen molar-refractivity contribution in [3.8, 4) is 0 Å². The molecule has 0 saturated heterocycles. The van der Waals surface area contributed by atoms with Crippen LogP contribution in [-0.4, -0.2) is 21.8 Å². The molecule has 3 aromatic carbocycles. The molecule has 9 nitrogen and oxygen atoms in total. The predicted octanol–water partition coefficient (Wildman–Crippen LogP) is 5.24. The van der Waals surface area contributed by atoms with Gasteiger partial charge in [-0.3, -0.25) is 19.4 Å². The Balaban J connectivity index is 1.48. The van der Waals surface area contributed by atoms with Gasteiger partial charge in [0.15, 0.2) is 0 Å². The van der Waals surface area contributed by atoms with Gasteiger partial charge < -0.3 is 21.7 Å². The molecule has 1 aromatic heterocycles. The lowest BCUT2D eigenvalue weighted by atomic mass is 10.1. The van der Waals surface area contributed by atoms with Crippen molar-refractivity contribution in [2.24, 2.45) is 0 Å². The van der Waals surface area contributed by atoms with Crippen molar-refractivity contribution < 1.29 is 22.8 Å². The maximum Gasteiger partial charge on any atom is 0.416 e. The Labute approximate surface area is 220 Å². The van der Waals surface area contributed by atoms with Crippen LogP contribution in [-0.2, 0) is 6.18 Å². The summed E-state index contributed by atoms with van der Waals surface area (Å²) in [5, 5.41) is 8.02. The Morgan fingerprint density at radius 2 is 1.62 bits per heavy atom. The fraction of sp³-hybridized carbons (Fsp3) is 0.111. The summed E-state index contributed by atoms with van der Waals surface area (Å²) >= 11 is 0. The van der Waals surface area contributed by atoms with E-state index >= 15 is 0 Å². The van der Waals surface area contributed by atoms with Gasteiger partial charge in [0.2, 0.25) is 5.95 Å². The van der Waals surface area contributed by atoms with E-state index in [-0.39, 0.29) is 28.5 Å². The summed E-state index contributed by atoms with van der Waals surface area (Å²) in [5.41, 5.74) is 6.96. The molecule has 0 atom stereocenters. The first kappa shape index (κ1) is 26.9. The zero-order valence-corrected chi connectivity index (χ0v) is 20.7. The first-order valence-corrected chi connectivity index (χ1v) is 11.5. The Morgan fingerprint density at radius 3 is 2.31 bits per heavy atom. The molecule has 0 bridgehead atoms. The second-order valence-electron chi connectivity index (χ2n) is 8.69. The van der Waals surface area contributed by atoms with Crippen LogP contribution in [0.4, 0.5) is 41.9 Å². The van der Waals surface area contributed by atoms with Gasteiger partial charge in [-0.1, -0.05) is 18.2 Å². The lowest BCUT2D eigenvalue weighted by Gasteiger charge is -2.13. The van der Waals surface area contributed by atoms with Crippen LogP contribution >= 0.6 is 0 Å². The SMILES string of the molecule is Cc1ccc(Nc2ncc(C(=O)Nc3cc(NC(=O)c4cccc(C(F)(F)F)c4)ccc3C)c(=O)[nH]2)cc1N. The number of benzene rings is 3. The van der Waals surface area contributed by atoms with E-state index in [0.29, 0.717) is 16.9 Å². The van der Waals surface area contributed by atoms with Gasteiger partial charge in [-0.15, -0.1) is 0 Å². The van der Waals surface area contributed by atoms with Crippen molar-refractivity contribution in [1.82, 2.24) is 9.97 Å². The standard InChI is InChI=1S/C27H23F3N6O3/c1-14-6-8-18(11-21(14)31)34-26-32-13-20(25(39)36-26)24(38)35-22-12-19(9-7-15(22)2)33-23(37)16-4-3-5-17(10-16)27(28,29)30/h3-13H,31H2,1-2H3,(H,33,37)(H,35,38)(H2,32,34,36,39). The third kappa shape index (κ3) is 6.42. The van der Waals surface area contributed by atoms with Gasteiger partial charge in [-0.2, -0.15) is 13.2 Å². The minimum atomic E-state index is -4.59. The van der Waals surface area contributed by atoms with Crippen LogP contribution in [0.1, 0.15) is 37.4 Å². The number of hydrogen-bond donors (Lipinski definition) is 5. The van der Waals surface area contributed by atoms with Gasteiger partial charge in [-0.25, -0.2) is 4.98 Å². The Hall–Kier alpha value is -5.13. The summed E-state index contributed by atoms with van der Waals surface area (Å²) in [7, 11) is 0. The molecule has 12 heteroatoms. The number of hydrogen-bond acceptors (Lipinski definition) is 6. The molecule has 4 aromatic rings. The quantitative estimate of drug-likeness (QED) is 0.214. The molecule has 0 unspecified atom stereocenters. The van der Waals surface area contributed by atoms with Crippen molar-refractivity contribution in [3.05, 3.63) is 105 Å². The third-order valence-corrected chi connectivity index (χ3v) is 5.78. The van der Waals surface area contributed by atoms with Crippen LogP contribution in [0.25, 0.3) is 0 Å². The van der Waals surface area contributed by atoms with E-state index in [2.05, 4.69) is 25.9 Å². The number of nitrogens with zero attached hydrogens (tertiary/aromatic N) is 1. The maximum absolute atomic E-state index is 13.0. The van der Waals surface area contributed by atoms with Crippen LogP contribution in [0.5, 0.6) is 0 Å². The summed E-state index contributed by atoms with van der Waals surface area (Å²) < 4.78 is 39.0. The monoisotopic (exact) mass is 536 g/mol. The molecule has 0 radical (unpaired) electrons. The van der Waals surface area contributed by atoms with Crippen molar-refractivity contribution in [2.45, 2.75) is 20.0 Å². The molecule has 0 aliphatic rings. The lowest BCUT2D eigenvalue weighted by molar-refractivity contribution is -0.137. The van der Waals surface area contributed by atoms with Gasteiger partial charge in [-0.05, 0) is 67.4 Å². The fourth-order valence-electron chi connectivity index (χ4n) is 3.54. The van der Waals surface area contributed by atoms with E-state index in [1.807, 2.05) is 6.92 Å². The van der Waals surface area contributed by atoms with Crippen LogP contribution in [0, 0.1) is 13.8 Å². The molecule has 0 saturated carbocycles. The molecule has 200 valence electrons. The number of aromatic amines is 1. The van der Waals surface area contributed by atoms with Crippen LogP contribution in [0.15, 0.2) is 71.7 Å². The lowest BCUT2D eigenvalue weighted by Crippen LogP contribution is -2.24. The number of H-pyrrole nitrogens is 1. The molecule has 6 N–H and O–H groups in total. The van der Waals surface area contributed by atoms with Gasteiger partial charge in [0.1, 0.15) is 5.56 Å². The average molecular weight is 537 g/mol. The van der Waals surface area contributed by atoms with E-state index in [1.165, 1.54) is 18.2 Å². The Morgan fingerprint density at radius 1 is 0.897 bits per heavy atom. The molecular formula is C27H23F3N6O3. The Bertz CT molecular complexity index is 1630. The molecule has 4 rings (SSSR count). The number of nitrogen functional groups attached to an aromatic ring is 1.